The summed E-state index contributed by atoms with van der Waals surface area (Å²) >= 11 is 7.64. The van der Waals surface area contributed by atoms with Crippen molar-refractivity contribution >= 4 is 44.7 Å². The first-order valence-corrected chi connectivity index (χ1v) is 8.19. The number of aromatic nitrogens is 2. The van der Waals surface area contributed by atoms with Crippen LogP contribution in [0.1, 0.15) is 18.7 Å². The number of halogens is 1. The molecule has 0 amide bonds. The molecule has 2 heterocycles. The number of nitrogens with zero attached hydrogens (tertiary/aromatic N) is 2. The molecule has 1 aromatic carbocycles. The predicted octanol–water partition coefficient (Wildman–Crippen LogP) is 5.18. The van der Waals surface area contributed by atoms with Gasteiger partial charge in [0.05, 0.1) is 17.2 Å². The number of nitrogens with one attached hydrogen (secondary N) is 1. The molecule has 0 bridgehead atoms. The molecule has 3 aromatic rings. The zero-order valence-electron chi connectivity index (χ0n) is 12.6. The Morgan fingerprint density at radius 3 is 2.77 bits per heavy atom. The summed E-state index contributed by atoms with van der Waals surface area (Å²) in [4.78, 5) is 10.6. The van der Waals surface area contributed by atoms with Gasteiger partial charge in [-0.2, -0.15) is 4.98 Å². The van der Waals surface area contributed by atoms with E-state index in [-0.39, 0.29) is 11.4 Å². The van der Waals surface area contributed by atoms with Crippen molar-refractivity contribution in [3.05, 3.63) is 40.5 Å². The van der Waals surface area contributed by atoms with Crippen LogP contribution < -0.4 is 10.1 Å². The normalized spacial score (nSPS) is 11.1. The lowest BCUT2D eigenvalue weighted by Gasteiger charge is -2.15. The summed E-state index contributed by atoms with van der Waals surface area (Å²) in [6, 6.07) is 9.85. The van der Waals surface area contributed by atoms with Crippen LogP contribution >= 0.6 is 22.9 Å². The van der Waals surface area contributed by atoms with Crippen LogP contribution in [-0.4, -0.2) is 16.1 Å². The Morgan fingerprint density at radius 2 is 2.00 bits per heavy atom. The number of ether oxygens (including phenoxy) is 1. The van der Waals surface area contributed by atoms with Crippen molar-refractivity contribution in [1.29, 1.82) is 0 Å². The van der Waals surface area contributed by atoms with E-state index in [1.54, 1.807) is 11.3 Å². The standard InChI is InChI=1S/C16H16ClN3OS/c1-9(2)21-13-7-5-4-6-12(13)18-14-11-8-10(3)22-15(11)20-16(17)19-14/h4-9H,1-3H3,(H,18,19,20). The van der Waals surface area contributed by atoms with Crippen molar-refractivity contribution in [2.45, 2.75) is 26.9 Å². The van der Waals surface area contributed by atoms with Gasteiger partial charge in [0, 0.05) is 4.88 Å². The van der Waals surface area contributed by atoms with Crippen LogP contribution in [0.4, 0.5) is 11.5 Å². The number of hydrogen-bond acceptors (Lipinski definition) is 5. The predicted molar refractivity (Wildman–Crippen MR) is 92.7 cm³/mol. The van der Waals surface area contributed by atoms with Crippen molar-refractivity contribution in [3.63, 3.8) is 0 Å². The van der Waals surface area contributed by atoms with Crippen LogP contribution in [0.25, 0.3) is 10.2 Å². The number of anilines is 2. The van der Waals surface area contributed by atoms with E-state index in [9.17, 15) is 0 Å². The van der Waals surface area contributed by atoms with Gasteiger partial charge in [0.1, 0.15) is 16.4 Å². The highest BCUT2D eigenvalue weighted by Gasteiger charge is 2.12. The lowest BCUT2D eigenvalue weighted by atomic mass is 10.2. The SMILES string of the molecule is Cc1cc2c(Nc3ccccc3OC(C)C)nc(Cl)nc2s1. The van der Waals surface area contributed by atoms with Crippen molar-refractivity contribution in [1.82, 2.24) is 9.97 Å². The molecule has 0 aliphatic rings. The molecule has 1 N–H and O–H groups in total. The number of fused-ring (bicyclic) bond motifs is 1. The lowest BCUT2D eigenvalue weighted by Crippen LogP contribution is -2.07. The van der Waals surface area contributed by atoms with Crippen LogP contribution in [0.5, 0.6) is 5.75 Å². The van der Waals surface area contributed by atoms with Gasteiger partial charge in [0.2, 0.25) is 5.28 Å². The summed E-state index contributed by atoms with van der Waals surface area (Å²) in [5.74, 6) is 1.48. The van der Waals surface area contributed by atoms with Crippen molar-refractivity contribution in [2.75, 3.05) is 5.32 Å². The van der Waals surface area contributed by atoms with E-state index in [4.69, 9.17) is 16.3 Å². The van der Waals surface area contributed by atoms with Gasteiger partial charge in [-0.15, -0.1) is 11.3 Å². The summed E-state index contributed by atoms with van der Waals surface area (Å²) in [5.41, 5.74) is 0.858. The van der Waals surface area contributed by atoms with Gasteiger partial charge in [-0.25, -0.2) is 4.98 Å². The molecule has 6 heteroatoms. The Hall–Kier alpha value is -1.85. The van der Waals surface area contributed by atoms with Crippen LogP contribution in [0, 0.1) is 6.92 Å². The number of hydrogen-bond donors (Lipinski definition) is 1. The molecular formula is C16H16ClN3OS. The molecule has 0 fully saturated rings. The quantitative estimate of drug-likeness (QED) is 0.668. The summed E-state index contributed by atoms with van der Waals surface area (Å²) < 4.78 is 5.83. The fraction of sp³-hybridized carbons (Fsp3) is 0.250. The van der Waals surface area contributed by atoms with E-state index in [0.717, 1.165) is 21.7 Å². The van der Waals surface area contributed by atoms with E-state index >= 15 is 0 Å². The molecule has 0 saturated heterocycles. The third-order valence-electron chi connectivity index (χ3n) is 2.99. The third-order valence-corrected chi connectivity index (χ3v) is 4.10. The minimum atomic E-state index is 0.0975. The van der Waals surface area contributed by atoms with Crippen LogP contribution in [0.15, 0.2) is 30.3 Å². The molecule has 4 nitrogen and oxygen atoms in total. The maximum absolute atomic E-state index is 6.04. The molecule has 0 aliphatic carbocycles. The van der Waals surface area contributed by atoms with Gasteiger partial charge < -0.3 is 10.1 Å². The minimum absolute atomic E-state index is 0.0975. The van der Waals surface area contributed by atoms with E-state index in [1.807, 2.05) is 45.0 Å². The summed E-state index contributed by atoms with van der Waals surface area (Å²) in [6.45, 7) is 6.04. The van der Waals surface area contributed by atoms with Crippen molar-refractivity contribution < 1.29 is 4.74 Å². The minimum Gasteiger partial charge on any atom is -0.489 e. The highest BCUT2D eigenvalue weighted by atomic mass is 35.5. The Kier molecular flexibility index (Phi) is 4.18. The summed E-state index contributed by atoms with van der Waals surface area (Å²) in [6.07, 6.45) is 0.0975. The van der Waals surface area contributed by atoms with Crippen LogP contribution in [0.3, 0.4) is 0 Å². The smallest absolute Gasteiger partial charge is 0.225 e. The largest absolute Gasteiger partial charge is 0.489 e. The first kappa shape index (κ1) is 15.1. The van der Waals surface area contributed by atoms with E-state index in [0.29, 0.717) is 5.82 Å². The molecule has 0 radical (unpaired) electrons. The average molecular weight is 334 g/mol. The Bertz CT molecular complexity index is 816. The monoisotopic (exact) mass is 333 g/mol. The fourth-order valence-electron chi connectivity index (χ4n) is 2.17. The lowest BCUT2D eigenvalue weighted by molar-refractivity contribution is 0.244. The fourth-order valence-corrected chi connectivity index (χ4v) is 3.26. The maximum Gasteiger partial charge on any atom is 0.225 e. The molecular weight excluding hydrogens is 318 g/mol. The third kappa shape index (κ3) is 3.15. The van der Waals surface area contributed by atoms with Gasteiger partial charge in [0.25, 0.3) is 0 Å². The highest BCUT2D eigenvalue weighted by Crippen LogP contribution is 2.34. The second-order valence-electron chi connectivity index (χ2n) is 5.20. The maximum atomic E-state index is 6.04. The first-order chi connectivity index (χ1) is 10.5. The molecule has 2 aromatic heterocycles. The Morgan fingerprint density at radius 1 is 1.23 bits per heavy atom. The van der Waals surface area contributed by atoms with Crippen molar-refractivity contribution in [2.24, 2.45) is 0 Å². The second-order valence-corrected chi connectivity index (χ2v) is 6.78. The van der Waals surface area contributed by atoms with Gasteiger partial charge in [0.15, 0.2) is 0 Å². The topological polar surface area (TPSA) is 47.0 Å². The molecule has 0 aliphatic heterocycles. The van der Waals surface area contributed by atoms with Crippen LogP contribution in [0.2, 0.25) is 5.28 Å². The van der Waals surface area contributed by atoms with E-state index in [2.05, 4.69) is 21.4 Å². The second kappa shape index (κ2) is 6.10. The molecule has 22 heavy (non-hydrogen) atoms. The molecule has 0 saturated carbocycles. The Balaban J connectivity index is 2.03. The Labute approximate surface area is 138 Å². The average Bonchev–Trinajstić information content (AvgIpc) is 2.80. The van der Waals surface area contributed by atoms with Gasteiger partial charge in [-0.1, -0.05) is 12.1 Å². The molecule has 3 rings (SSSR count). The number of benzene rings is 1. The van der Waals surface area contributed by atoms with Crippen molar-refractivity contribution in [3.8, 4) is 5.75 Å². The molecule has 114 valence electrons. The van der Waals surface area contributed by atoms with E-state index < -0.39 is 0 Å². The summed E-state index contributed by atoms with van der Waals surface area (Å²) in [7, 11) is 0. The van der Waals surface area contributed by atoms with Crippen LogP contribution in [-0.2, 0) is 0 Å². The number of para-hydroxylation sites is 2. The zero-order valence-corrected chi connectivity index (χ0v) is 14.1. The first-order valence-electron chi connectivity index (χ1n) is 6.99. The van der Waals surface area contributed by atoms with Gasteiger partial charge in [-0.05, 0) is 50.6 Å². The zero-order chi connectivity index (χ0) is 15.7. The molecule has 0 spiro atoms. The molecule has 0 unspecified atom stereocenters. The number of thiophene rings is 1. The molecule has 0 atom stereocenters. The summed E-state index contributed by atoms with van der Waals surface area (Å²) in [5, 5.41) is 4.52. The van der Waals surface area contributed by atoms with Gasteiger partial charge in [-0.3, -0.25) is 0 Å². The van der Waals surface area contributed by atoms with E-state index in [1.165, 1.54) is 4.88 Å². The van der Waals surface area contributed by atoms with Gasteiger partial charge >= 0.3 is 0 Å². The number of aryl methyl sites for hydroxylation is 1. The highest BCUT2D eigenvalue weighted by molar-refractivity contribution is 7.18. The number of rotatable bonds is 4.